The molecule has 268 valence electrons. The fraction of sp³-hybridized carbons (Fsp3) is 0.655. The van der Waals surface area contributed by atoms with Crippen LogP contribution in [-0.4, -0.2) is 124 Å². The highest BCUT2D eigenvalue weighted by molar-refractivity contribution is 6.99. The molecule has 19 heteroatoms. The number of hydrogen-bond donors (Lipinski definition) is 1. The second-order valence-electron chi connectivity index (χ2n) is 11.2. The van der Waals surface area contributed by atoms with E-state index in [0.29, 0.717) is 43.8 Å². The molecule has 1 aromatic carbocycles. The van der Waals surface area contributed by atoms with Gasteiger partial charge in [-0.05, 0) is 26.8 Å². The predicted molar refractivity (Wildman–Crippen MR) is 169 cm³/mol. The third-order valence-electron chi connectivity index (χ3n) is 6.51. The van der Waals surface area contributed by atoms with Crippen LogP contribution in [0.25, 0.3) is 0 Å². The summed E-state index contributed by atoms with van der Waals surface area (Å²) in [4.78, 5) is 42.5. The van der Waals surface area contributed by atoms with Gasteiger partial charge in [0.2, 0.25) is 5.82 Å². The summed E-state index contributed by atoms with van der Waals surface area (Å²) in [6.07, 6.45) is -0.764. The zero-order valence-electron chi connectivity index (χ0n) is 27.7. The van der Waals surface area contributed by atoms with E-state index in [0.717, 1.165) is 11.7 Å². The molecule has 0 aliphatic carbocycles. The first-order valence-corrected chi connectivity index (χ1v) is 15.8. The first-order chi connectivity index (χ1) is 23.0. The molecule has 1 fully saturated rings. The lowest BCUT2D eigenvalue weighted by molar-refractivity contribution is -0.758. The number of carbonyl (C=O) groups is 2. The van der Waals surface area contributed by atoms with Crippen LogP contribution in [0.1, 0.15) is 36.7 Å². The van der Waals surface area contributed by atoms with Gasteiger partial charge in [-0.25, -0.2) is 9.59 Å². The van der Waals surface area contributed by atoms with Crippen LogP contribution in [0.3, 0.4) is 0 Å². The summed E-state index contributed by atoms with van der Waals surface area (Å²) in [6, 6.07) is 3.07. The second-order valence-corrected chi connectivity index (χ2v) is 11.7. The van der Waals surface area contributed by atoms with Crippen molar-refractivity contribution >= 4 is 29.5 Å². The van der Waals surface area contributed by atoms with Crippen molar-refractivity contribution in [1.82, 2.24) is 14.1 Å². The number of morpholine rings is 1. The van der Waals surface area contributed by atoms with Crippen LogP contribution in [-0.2, 0) is 39.9 Å². The molecule has 1 atom stereocenters. The number of nitrogens with one attached hydrogen (secondary N) is 1. The topological polar surface area (TPSA) is 201 Å². The zero-order valence-corrected chi connectivity index (χ0v) is 28.5. The van der Waals surface area contributed by atoms with E-state index in [1.165, 1.54) is 20.3 Å². The van der Waals surface area contributed by atoms with Gasteiger partial charge in [0.1, 0.15) is 49.6 Å². The van der Waals surface area contributed by atoms with Gasteiger partial charge in [-0.2, -0.15) is 4.37 Å². The molecule has 1 aliphatic heterocycles. The zero-order chi connectivity index (χ0) is 34.9. The Hall–Kier alpha value is -4.04. The van der Waals surface area contributed by atoms with E-state index in [9.17, 15) is 19.7 Å². The third kappa shape index (κ3) is 13.2. The van der Waals surface area contributed by atoms with Crippen LogP contribution in [0.2, 0.25) is 0 Å². The first-order valence-electron chi connectivity index (χ1n) is 15.1. The molecule has 0 bridgehead atoms. The molecule has 0 spiro atoms. The quantitative estimate of drug-likeness (QED) is 0.0851. The molecule has 18 nitrogen and oxygen atoms in total. The standard InChI is InChI=1S/C29H43N5O13S/c1-29(2,3)30-16-22(18-45-27-26(31-48-32-27)33-6-8-41-9-7-33)47-28(36)25-20(14-21(39-4)15-23(25)40-5)17-44-24(35)19-43-11-10-42-12-13-46-34(37)38/h14-15,22,30H,6-13,16-19H2,1-5H3/t22-/m0/s1. The Morgan fingerprint density at radius 3 is 2.50 bits per heavy atom. The van der Waals surface area contributed by atoms with Crippen molar-refractivity contribution in [3.05, 3.63) is 33.4 Å². The Morgan fingerprint density at radius 2 is 1.81 bits per heavy atom. The number of esters is 2. The lowest BCUT2D eigenvalue weighted by Gasteiger charge is -2.28. The Labute approximate surface area is 282 Å². The summed E-state index contributed by atoms with van der Waals surface area (Å²) < 4.78 is 52.7. The number of nitrogens with zero attached hydrogens (tertiary/aromatic N) is 4. The highest BCUT2D eigenvalue weighted by atomic mass is 32.1. The number of aromatic nitrogens is 2. The summed E-state index contributed by atoms with van der Waals surface area (Å²) in [7, 11) is 2.84. The van der Waals surface area contributed by atoms with E-state index < -0.39 is 29.7 Å². The van der Waals surface area contributed by atoms with Gasteiger partial charge in [-0.1, -0.05) is 0 Å². The predicted octanol–water partition coefficient (Wildman–Crippen LogP) is 1.67. The maximum atomic E-state index is 13.8. The number of anilines is 1. The normalized spacial score (nSPS) is 13.8. The maximum absolute atomic E-state index is 13.8. The van der Waals surface area contributed by atoms with E-state index in [1.807, 2.05) is 25.7 Å². The van der Waals surface area contributed by atoms with Crippen molar-refractivity contribution in [2.45, 2.75) is 39.0 Å². The molecule has 1 N–H and O–H groups in total. The average Bonchev–Trinajstić information content (AvgIpc) is 3.54. The van der Waals surface area contributed by atoms with Crippen molar-refractivity contribution < 1.29 is 57.4 Å². The largest absolute Gasteiger partial charge is 0.497 e. The number of methoxy groups -OCH3 is 2. The minimum absolute atomic E-state index is 0.0118. The third-order valence-corrected chi connectivity index (χ3v) is 7.02. The summed E-state index contributed by atoms with van der Waals surface area (Å²) in [6.45, 7) is 7.81. The lowest BCUT2D eigenvalue weighted by Crippen LogP contribution is -2.44. The summed E-state index contributed by atoms with van der Waals surface area (Å²) in [5, 5.41) is 12.5. The van der Waals surface area contributed by atoms with Crippen molar-refractivity contribution in [2.75, 3.05) is 91.6 Å². The number of rotatable bonds is 21. The molecular weight excluding hydrogens is 658 g/mol. The van der Waals surface area contributed by atoms with Gasteiger partial charge in [0.05, 0.1) is 59.0 Å². The lowest BCUT2D eigenvalue weighted by atomic mass is 10.1. The Morgan fingerprint density at radius 1 is 1.08 bits per heavy atom. The molecule has 0 unspecified atom stereocenters. The second kappa shape index (κ2) is 19.7. The Balaban J connectivity index is 1.66. The van der Waals surface area contributed by atoms with Crippen molar-refractivity contribution in [2.24, 2.45) is 0 Å². The molecule has 0 saturated carbocycles. The fourth-order valence-electron chi connectivity index (χ4n) is 4.19. The Bertz CT molecular complexity index is 1320. The molecule has 0 radical (unpaired) electrons. The van der Waals surface area contributed by atoms with Gasteiger partial charge in [-0.3, -0.25) is 0 Å². The van der Waals surface area contributed by atoms with E-state index in [4.69, 9.17) is 37.9 Å². The van der Waals surface area contributed by atoms with Crippen LogP contribution < -0.4 is 24.4 Å². The average molecular weight is 702 g/mol. The number of hydrogen-bond acceptors (Lipinski definition) is 18. The van der Waals surface area contributed by atoms with Crippen molar-refractivity contribution in [3.8, 4) is 17.4 Å². The van der Waals surface area contributed by atoms with Crippen LogP contribution >= 0.6 is 11.7 Å². The van der Waals surface area contributed by atoms with Gasteiger partial charge in [0.25, 0.3) is 11.0 Å². The molecule has 1 aliphatic rings. The molecule has 3 rings (SSSR count). The highest BCUT2D eigenvalue weighted by Crippen LogP contribution is 2.31. The van der Waals surface area contributed by atoms with Gasteiger partial charge >= 0.3 is 11.9 Å². The number of ether oxygens (including phenoxy) is 8. The van der Waals surface area contributed by atoms with Gasteiger partial charge in [0, 0.05) is 36.8 Å². The van der Waals surface area contributed by atoms with Crippen LogP contribution in [0, 0.1) is 10.1 Å². The molecule has 2 heterocycles. The van der Waals surface area contributed by atoms with Crippen LogP contribution in [0.4, 0.5) is 5.82 Å². The van der Waals surface area contributed by atoms with Crippen molar-refractivity contribution in [3.63, 3.8) is 0 Å². The van der Waals surface area contributed by atoms with E-state index in [2.05, 4.69) is 18.9 Å². The molecule has 0 amide bonds. The molecule has 1 aromatic heterocycles. The summed E-state index contributed by atoms with van der Waals surface area (Å²) in [5.41, 5.74) is 0.0332. The molecular formula is C29H43N5O13S. The minimum atomic E-state index is -0.917. The van der Waals surface area contributed by atoms with Crippen molar-refractivity contribution in [1.29, 1.82) is 0 Å². The smallest absolute Gasteiger partial charge is 0.342 e. The van der Waals surface area contributed by atoms with Gasteiger partial charge in [-0.15, -0.1) is 14.5 Å². The summed E-state index contributed by atoms with van der Waals surface area (Å²) in [5.74, 6) is 0.0276. The Kier molecular flexibility index (Phi) is 15.8. The van der Waals surface area contributed by atoms with E-state index in [-0.39, 0.29) is 68.6 Å². The first kappa shape index (κ1) is 38.4. The van der Waals surface area contributed by atoms with E-state index >= 15 is 0 Å². The SMILES string of the molecule is COc1cc(COC(=O)COCCOCCO[N+](=O)[O-])c(C(=O)O[C@@H](CNC(C)(C)C)COc2nsnc2N2CCOCC2)c(OC)c1. The molecule has 2 aromatic rings. The monoisotopic (exact) mass is 701 g/mol. The summed E-state index contributed by atoms with van der Waals surface area (Å²) >= 11 is 1.03. The van der Waals surface area contributed by atoms with Crippen LogP contribution in [0.15, 0.2) is 12.1 Å². The fourth-order valence-corrected chi connectivity index (χ4v) is 4.71. The molecule has 48 heavy (non-hydrogen) atoms. The number of carbonyl (C=O) groups excluding carboxylic acids is 2. The van der Waals surface area contributed by atoms with E-state index in [1.54, 1.807) is 6.07 Å². The maximum Gasteiger partial charge on any atom is 0.342 e. The highest BCUT2D eigenvalue weighted by Gasteiger charge is 2.27. The minimum Gasteiger partial charge on any atom is -0.497 e. The van der Waals surface area contributed by atoms with Crippen LogP contribution in [0.5, 0.6) is 17.4 Å². The van der Waals surface area contributed by atoms with Gasteiger partial charge in [0.15, 0.2) is 0 Å². The number of benzene rings is 1. The molecule has 1 saturated heterocycles. The van der Waals surface area contributed by atoms with Gasteiger partial charge < -0.3 is 52.9 Å².